The molecule has 0 aliphatic carbocycles. The zero-order valence-corrected chi connectivity index (χ0v) is 18.6. The molecule has 1 fully saturated rings. The van der Waals surface area contributed by atoms with Gasteiger partial charge in [-0.05, 0) is 66.8 Å². The van der Waals surface area contributed by atoms with Gasteiger partial charge in [0.25, 0.3) is 11.7 Å². The number of carbonyl (C=O) groups excluding carboxylic acids is 2. The summed E-state index contributed by atoms with van der Waals surface area (Å²) in [7, 11) is 0. The van der Waals surface area contributed by atoms with Crippen molar-refractivity contribution in [3.8, 4) is 11.5 Å². The van der Waals surface area contributed by atoms with E-state index < -0.39 is 17.7 Å². The molecule has 3 aromatic rings. The van der Waals surface area contributed by atoms with E-state index in [0.29, 0.717) is 23.5 Å². The van der Waals surface area contributed by atoms with Crippen LogP contribution >= 0.6 is 11.3 Å². The first-order valence-corrected chi connectivity index (χ1v) is 11.1. The fourth-order valence-electron chi connectivity index (χ4n) is 3.89. The average Bonchev–Trinajstić information content (AvgIpc) is 3.38. The molecule has 7 heteroatoms. The van der Waals surface area contributed by atoms with Gasteiger partial charge in [0, 0.05) is 10.4 Å². The van der Waals surface area contributed by atoms with Crippen LogP contribution in [0.1, 0.15) is 34.5 Å². The van der Waals surface area contributed by atoms with Gasteiger partial charge < -0.3 is 19.8 Å². The summed E-state index contributed by atoms with van der Waals surface area (Å²) in [4.78, 5) is 28.5. The summed E-state index contributed by atoms with van der Waals surface area (Å²) in [5, 5.41) is 22.8. The van der Waals surface area contributed by atoms with Crippen LogP contribution in [-0.2, 0) is 16.1 Å². The molecule has 1 unspecified atom stereocenters. The molecule has 32 heavy (non-hydrogen) atoms. The SMILES string of the molecule is CCOc1ccc(/C(O)=C2/C(=O)C(=O)N(Cc3cccs3)C2c2ccc(O)cc2)cc1C. The Balaban J connectivity index is 1.84. The highest BCUT2D eigenvalue weighted by Crippen LogP contribution is 2.41. The van der Waals surface area contributed by atoms with Gasteiger partial charge in [0.2, 0.25) is 0 Å². The van der Waals surface area contributed by atoms with E-state index in [9.17, 15) is 19.8 Å². The molecule has 0 spiro atoms. The Labute approximate surface area is 190 Å². The summed E-state index contributed by atoms with van der Waals surface area (Å²) >= 11 is 1.49. The first-order chi connectivity index (χ1) is 15.4. The lowest BCUT2D eigenvalue weighted by molar-refractivity contribution is -0.140. The van der Waals surface area contributed by atoms with Gasteiger partial charge in [0.1, 0.15) is 17.3 Å². The molecule has 1 saturated heterocycles. The second-order valence-electron chi connectivity index (χ2n) is 7.51. The number of hydrogen-bond acceptors (Lipinski definition) is 6. The third-order valence-corrected chi connectivity index (χ3v) is 6.26. The maximum atomic E-state index is 13.1. The van der Waals surface area contributed by atoms with Crippen molar-refractivity contribution in [2.75, 3.05) is 6.61 Å². The number of amides is 1. The van der Waals surface area contributed by atoms with Gasteiger partial charge in [-0.15, -0.1) is 11.3 Å². The van der Waals surface area contributed by atoms with E-state index in [1.54, 1.807) is 30.3 Å². The molecule has 1 amide bonds. The highest BCUT2D eigenvalue weighted by Gasteiger charge is 2.46. The van der Waals surface area contributed by atoms with Crippen molar-refractivity contribution in [3.05, 3.63) is 87.1 Å². The fraction of sp³-hybridized carbons (Fsp3) is 0.200. The lowest BCUT2D eigenvalue weighted by Crippen LogP contribution is -2.28. The molecular formula is C25H23NO5S. The van der Waals surface area contributed by atoms with Crippen LogP contribution in [0.4, 0.5) is 0 Å². The molecule has 2 heterocycles. The van der Waals surface area contributed by atoms with Gasteiger partial charge in [-0.1, -0.05) is 18.2 Å². The minimum Gasteiger partial charge on any atom is -0.508 e. The van der Waals surface area contributed by atoms with Gasteiger partial charge in [-0.2, -0.15) is 0 Å². The van der Waals surface area contributed by atoms with Crippen LogP contribution in [0.15, 0.2) is 65.6 Å². The molecule has 1 aromatic heterocycles. The van der Waals surface area contributed by atoms with Crippen LogP contribution < -0.4 is 4.74 Å². The zero-order chi connectivity index (χ0) is 22.8. The molecule has 1 aliphatic heterocycles. The van der Waals surface area contributed by atoms with Crippen LogP contribution in [0.25, 0.3) is 5.76 Å². The number of benzene rings is 2. The number of phenols is 1. The third-order valence-electron chi connectivity index (χ3n) is 5.40. The topological polar surface area (TPSA) is 87.1 Å². The number of aromatic hydroxyl groups is 1. The molecule has 6 nitrogen and oxygen atoms in total. The summed E-state index contributed by atoms with van der Waals surface area (Å²) < 4.78 is 5.56. The molecular weight excluding hydrogens is 426 g/mol. The molecule has 2 aromatic carbocycles. The first kappa shape index (κ1) is 21.6. The van der Waals surface area contributed by atoms with E-state index in [1.807, 2.05) is 31.4 Å². The van der Waals surface area contributed by atoms with Crippen molar-refractivity contribution in [1.82, 2.24) is 4.90 Å². The van der Waals surface area contributed by atoms with Gasteiger partial charge in [0.05, 0.1) is 24.8 Å². The fourth-order valence-corrected chi connectivity index (χ4v) is 4.59. The number of thiophene rings is 1. The molecule has 0 bridgehead atoms. The number of likely N-dealkylation sites (tertiary alicyclic amines) is 1. The van der Waals surface area contributed by atoms with Crippen molar-refractivity contribution in [1.29, 1.82) is 0 Å². The summed E-state index contributed by atoms with van der Waals surface area (Å²) in [6.45, 7) is 4.50. The molecule has 0 radical (unpaired) electrons. The van der Waals surface area contributed by atoms with Crippen molar-refractivity contribution in [2.24, 2.45) is 0 Å². The Morgan fingerprint density at radius 3 is 2.50 bits per heavy atom. The van der Waals surface area contributed by atoms with Crippen LogP contribution in [0.3, 0.4) is 0 Å². The van der Waals surface area contributed by atoms with E-state index in [0.717, 1.165) is 10.4 Å². The van der Waals surface area contributed by atoms with Crippen molar-refractivity contribution < 1.29 is 24.5 Å². The van der Waals surface area contributed by atoms with Crippen LogP contribution in [0.5, 0.6) is 11.5 Å². The standard InChI is InChI=1S/C25H23NO5S/c1-3-31-20-11-8-17(13-15(20)2)23(28)21-22(16-6-9-18(27)10-7-16)26(25(30)24(21)29)14-19-5-4-12-32-19/h4-13,22,27-28H,3,14H2,1-2H3/b23-21-. The number of carbonyl (C=O) groups is 2. The lowest BCUT2D eigenvalue weighted by Gasteiger charge is -2.25. The first-order valence-electron chi connectivity index (χ1n) is 10.2. The number of phenolic OH excluding ortho intramolecular Hbond substituents is 1. The van der Waals surface area contributed by atoms with Gasteiger partial charge in [-0.25, -0.2) is 0 Å². The monoisotopic (exact) mass is 449 g/mol. The lowest BCUT2D eigenvalue weighted by atomic mass is 9.94. The highest BCUT2D eigenvalue weighted by molar-refractivity contribution is 7.09. The number of aliphatic hydroxyl groups excluding tert-OH is 1. The third kappa shape index (κ3) is 3.99. The Morgan fingerprint density at radius 2 is 1.88 bits per heavy atom. The number of hydrogen-bond donors (Lipinski definition) is 2. The van der Waals surface area contributed by atoms with Crippen molar-refractivity contribution in [3.63, 3.8) is 0 Å². The number of ketones is 1. The van der Waals surface area contributed by atoms with E-state index in [2.05, 4.69) is 0 Å². The molecule has 4 rings (SSSR count). The summed E-state index contributed by atoms with van der Waals surface area (Å²) in [6.07, 6.45) is 0. The van der Waals surface area contributed by atoms with E-state index >= 15 is 0 Å². The molecule has 1 aliphatic rings. The van der Waals surface area contributed by atoms with Crippen LogP contribution in [0, 0.1) is 6.92 Å². The predicted octanol–water partition coefficient (Wildman–Crippen LogP) is 4.78. The number of aliphatic hydroxyl groups is 1. The minimum absolute atomic E-state index is 0.0285. The van der Waals surface area contributed by atoms with Crippen LogP contribution in [0.2, 0.25) is 0 Å². The van der Waals surface area contributed by atoms with E-state index in [-0.39, 0.29) is 23.6 Å². The minimum atomic E-state index is -0.774. The number of aryl methyl sites for hydroxylation is 1. The summed E-state index contributed by atoms with van der Waals surface area (Å²) in [6, 6.07) is 14.5. The van der Waals surface area contributed by atoms with Gasteiger partial charge in [-0.3, -0.25) is 9.59 Å². The smallest absolute Gasteiger partial charge is 0.295 e. The average molecular weight is 450 g/mol. The Morgan fingerprint density at radius 1 is 1.12 bits per heavy atom. The summed E-state index contributed by atoms with van der Waals surface area (Å²) in [5.74, 6) is -0.867. The van der Waals surface area contributed by atoms with E-state index in [1.165, 1.54) is 28.4 Å². The second-order valence-corrected chi connectivity index (χ2v) is 8.54. The quantitative estimate of drug-likeness (QED) is 0.321. The molecule has 164 valence electrons. The number of rotatable bonds is 6. The predicted molar refractivity (Wildman–Crippen MR) is 123 cm³/mol. The number of nitrogens with zero attached hydrogens (tertiary/aromatic N) is 1. The van der Waals surface area contributed by atoms with Crippen molar-refractivity contribution in [2.45, 2.75) is 26.4 Å². The number of Topliss-reactive ketones (excluding diaryl/α,β-unsaturated/α-hetero) is 1. The highest BCUT2D eigenvalue weighted by atomic mass is 32.1. The van der Waals surface area contributed by atoms with E-state index in [4.69, 9.17) is 4.74 Å². The Bertz CT molecular complexity index is 1180. The summed E-state index contributed by atoms with van der Waals surface area (Å²) in [5.41, 5.74) is 1.90. The van der Waals surface area contributed by atoms with Crippen molar-refractivity contribution >= 4 is 28.8 Å². The molecule has 2 N–H and O–H groups in total. The zero-order valence-electron chi connectivity index (χ0n) is 17.7. The maximum Gasteiger partial charge on any atom is 0.295 e. The number of ether oxygens (including phenoxy) is 1. The Kier molecular flexibility index (Phi) is 6.01. The van der Waals surface area contributed by atoms with Gasteiger partial charge >= 0.3 is 0 Å². The van der Waals surface area contributed by atoms with Crippen LogP contribution in [-0.4, -0.2) is 33.4 Å². The maximum absolute atomic E-state index is 13.1. The Hall–Kier alpha value is -3.58. The van der Waals surface area contributed by atoms with Gasteiger partial charge in [0.15, 0.2) is 0 Å². The largest absolute Gasteiger partial charge is 0.508 e. The second kappa shape index (κ2) is 8.88. The normalized spacial score (nSPS) is 17.7. The molecule has 0 saturated carbocycles. The molecule has 1 atom stereocenters.